The highest BCUT2D eigenvalue weighted by atomic mass is 19.3. The van der Waals surface area contributed by atoms with Gasteiger partial charge in [-0.3, -0.25) is 4.79 Å². The van der Waals surface area contributed by atoms with Crippen molar-refractivity contribution in [2.75, 3.05) is 5.32 Å². The number of hydrogen-bond acceptors (Lipinski definition) is 4. The van der Waals surface area contributed by atoms with Crippen LogP contribution in [-0.4, -0.2) is 12.5 Å². The Morgan fingerprint density at radius 1 is 0.968 bits per heavy atom. The van der Waals surface area contributed by atoms with E-state index in [-0.39, 0.29) is 17.5 Å². The maximum Gasteiger partial charge on any atom is 0.387 e. The van der Waals surface area contributed by atoms with E-state index in [4.69, 9.17) is 9.15 Å². The van der Waals surface area contributed by atoms with Crippen molar-refractivity contribution < 1.29 is 49.4 Å². The Morgan fingerprint density at radius 3 is 2.29 bits per heavy atom. The van der Waals surface area contributed by atoms with Crippen molar-refractivity contribution in [2.24, 2.45) is 0 Å². The Morgan fingerprint density at radius 2 is 1.65 bits per heavy atom. The number of hydrogen-bond donors (Lipinski definition) is 1. The number of nitrogens with one attached hydrogen (secondary N) is 1. The zero-order valence-electron chi connectivity index (χ0n) is 15.0. The summed E-state index contributed by atoms with van der Waals surface area (Å²) in [5, 5.41) is 2.16. The van der Waals surface area contributed by atoms with Crippen molar-refractivity contribution in [1.82, 2.24) is 0 Å². The summed E-state index contributed by atoms with van der Waals surface area (Å²) in [6, 6.07) is 4.75. The third-order valence-electron chi connectivity index (χ3n) is 3.72. The molecule has 31 heavy (non-hydrogen) atoms. The first-order chi connectivity index (χ1) is 14.7. The quantitative estimate of drug-likeness (QED) is 0.387. The first kappa shape index (κ1) is 22.0. The molecule has 0 fully saturated rings. The van der Waals surface area contributed by atoms with Gasteiger partial charge in [0, 0.05) is 12.1 Å². The van der Waals surface area contributed by atoms with Gasteiger partial charge in [0.05, 0.1) is 5.69 Å². The predicted octanol–water partition coefficient (Wildman–Crippen LogP) is 5.41. The van der Waals surface area contributed by atoms with Gasteiger partial charge in [-0.1, -0.05) is 0 Å². The summed E-state index contributed by atoms with van der Waals surface area (Å²) in [5.41, 5.74) is -0.291. The lowest BCUT2D eigenvalue weighted by molar-refractivity contribution is -0.0495. The second-order valence-corrected chi connectivity index (χ2v) is 5.83. The molecule has 0 aliphatic carbocycles. The molecule has 1 aromatic heterocycles. The van der Waals surface area contributed by atoms with Gasteiger partial charge in [-0.15, -0.1) is 0 Å². The van der Waals surface area contributed by atoms with Crippen LogP contribution in [0.4, 0.5) is 36.4 Å². The summed E-state index contributed by atoms with van der Waals surface area (Å²) in [7, 11) is 0. The third-order valence-corrected chi connectivity index (χ3v) is 3.72. The fraction of sp³-hybridized carbons (Fsp3) is 0.105. The minimum atomic E-state index is -3.28. The van der Waals surface area contributed by atoms with Gasteiger partial charge >= 0.3 is 6.61 Å². The molecular formula is C19H10F7NO4. The monoisotopic (exact) mass is 449 g/mol. The van der Waals surface area contributed by atoms with Crippen molar-refractivity contribution >= 4 is 11.6 Å². The lowest BCUT2D eigenvalue weighted by Crippen LogP contribution is -2.13. The Kier molecular flexibility index (Phi) is 6.37. The number of furan rings is 1. The number of amides is 1. The van der Waals surface area contributed by atoms with Crippen LogP contribution in [0.25, 0.3) is 0 Å². The van der Waals surface area contributed by atoms with Gasteiger partial charge in [0.1, 0.15) is 18.2 Å². The second-order valence-electron chi connectivity index (χ2n) is 5.83. The molecule has 3 aromatic rings. The van der Waals surface area contributed by atoms with Gasteiger partial charge in [0.15, 0.2) is 28.9 Å². The van der Waals surface area contributed by atoms with E-state index in [2.05, 4.69) is 10.1 Å². The molecule has 12 heteroatoms. The van der Waals surface area contributed by atoms with Crippen molar-refractivity contribution in [3.05, 3.63) is 77.0 Å². The number of anilines is 1. The van der Waals surface area contributed by atoms with E-state index < -0.39 is 65.5 Å². The number of halogens is 7. The van der Waals surface area contributed by atoms with Crippen LogP contribution in [0.15, 0.2) is 40.8 Å². The number of benzene rings is 2. The summed E-state index contributed by atoms with van der Waals surface area (Å²) in [5.74, 6) is -11.2. The summed E-state index contributed by atoms with van der Waals surface area (Å²) in [6.07, 6.45) is 0. The molecule has 1 N–H and O–H groups in total. The molecule has 164 valence electrons. The summed E-state index contributed by atoms with van der Waals surface area (Å²) in [6.45, 7) is -3.99. The summed E-state index contributed by atoms with van der Waals surface area (Å²) in [4.78, 5) is 12.2. The lowest BCUT2D eigenvalue weighted by atomic mass is 10.2. The van der Waals surface area contributed by atoms with Crippen LogP contribution in [0.3, 0.4) is 0 Å². The number of alkyl halides is 2. The first-order valence-corrected chi connectivity index (χ1v) is 8.26. The van der Waals surface area contributed by atoms with E-state index in [1.54, 1.807) is 0 Å². The summed E-state index contributed by atoms with van der Waals surface area (Å²) >= 11 is 0. The molecule has 1 amide bonds. The highest BCUT2D eigenvalue weighted by Gasteiger charge is 2.22. The molecular weight excluding hydrogens is 439 g/mol. The van der Waals surface area contributed by atoms with Crippen LogP contribution < -0.4 is 14.8 Å². The minimum absolute atomic E-state index is 0.00825. The van der Waals surface area contributed by atoms with Crippen LogP contribution >= 0.6 is 0 Å². The molecule has 3 rings (SSSR count). The summed E-state index contributed by atoms with van der Waals surface area (Å²) < 4.78 is 106. The Bertz CT molecular complexity index is 1090. The zero-order valence-corrected chi connectivity index (χ0v) is 15.0. The third kappa shape index (κ3) is 5.08. The molecule has 0 aliphatic heterocycles. The van der Waals surface area contributed by atoms with Crippen LogP contribution in [0.1, 0.15) is 16.3 Å². The average Bonchev–Trinajstić information content (AvgIpc) is 3.17. The molecule has 5 nitrogen and oxygen atoms in total. The number of ether oxygens (including phenoxy) is 2. The zero-order chi connectivity index (χ0) is 22.7. The highest BCUT2D eigenvalue weighted by Crippen LogP contribution is 2.29. The van der Waals surface area contributed by atoms with E-state index in [0.717, 1.165) is 24.3 Å². The van der Waals surface area contributed by atoms with Gasteiger partial charge in [-0.2, -0.15) is 17.6 Å². The maximum atomic E-state index is 13.6. The van der Waals surface area contributed by atoms with E-state index in [0.29, 0.717) is 6.07 Å². The molecule has 0 spiro atoms. The molecule has 0 bridgehead atoms. The van der Waals surface area contributed by atoms with Crippen LogP contribution in [-0.2, 0) is 6.61 Å². The van der Waals surface area contributed by atoms with Crippen molar-refractivity contribution in [3.8, 4) is 11.5 Å². The molecule has 1 heterocycles. The largest absolute Gasteiger partial charge is 0.479 e. The van der Waals surface area contributed by atoms with Gasteiger partial charge in [-0.25, -0.2) is 13.2 Å². The van der Waals surface area contributed by atoms with E-state index in [1.165, 1.54) is 0 Å². The van der Waals surface area contributed by atoms with Crippen LogP contribution in [0, 0.1) is 29.1 Å². The minimum Gasteiger partial charge on any atom is -0.479 e. The second kappa shape index (κ2) is 8.98. The Hall–Kier alpha value is -3.70. The smallest absolute Gasteiger partial charge is 0.387 e. The fourth-order valence-electron chi connectivity index (χ4n) is 2.38. The highest BCUT2D eigenvalue weighted by molar-refractivity contribution is 6.03. The van der Waals surface area contributed by atoms with Crippen molar-refractivity contribution in [1.29, 1.82) is 0 Å². The predicted molar refractivity (Wildman–Crippen MR) is 90.3 cm³/mol. The van der Waals surface area contributed by atoms with E-state index in [9.17, 15) is 35.5 Å². The normalized spacial score (nSPS) is 11.0. The topological polar surface area (TPSA) is 60.7 Å². The Balaban J connectivity index is 1.71. The van der Waals surface area contributed by atoms with Gasteiger partial charge < -0.3 is 19.2 Å². The van der Waals surface area contributed by atoms with E-state index in [1.807, 2.05) is 0 Å². The van der Waals surface area contributed by atoms with Gasteiger partial charge in [0.2, 0.25) is 11.6 Å². The molecule has 0 unspecified atom stereocenters. The molecule has 0 saturated carbocycles. The maximum absolute atomic E-state index is 13.6. The fourth-order valence-corrected chi connectivity index (χ4v) is 2.38. The van der Waals surface area contributed by atoms with Crippen molar-refractivity contribution in [2.45, 2.75) is 13.2 Å². The standard InChI is InChI=1S/C19H10F7NO4/c20-8-1-3-12(14(5-8)31-19(25)26)27-18(28)13-4-2-9(30-13)7-29-17-15(23)10(21)6-11(22)16(17)24/h1-6,19H,7H2,(H,27,28). The SMILES string of the molecule is O=C(Nc1ccc(F)cc1OC(F)F)c1ccc(COc2c(F)c(F)cc(F)c2F)o1. The number of carbonyl (C=O) groups is 1. The average molecular weight is 449 g/mol. The van der Waals surface area contributed by atoms with Crippen LogP contribution in [0.2, 0.25) is 0 Å². The Labute approximate surface area is 169 Å². The van der Waals surface area contributed by atoms with E-state index >= 15 is 0 Å². The van der Waals surface area contributed by atoms with Crippen LogP contribution in [0.5, 0.6) is 11.5 Å². The molecule has 0 atom stereocenters. The van der Waals surface area contributed by atoms with Gasteiger partial charge in [-0.05, 0) is 24.3 Å². The number of rotatable bonds is 7. The molecule has 0 aliphatic rings. The first-order valence-electron chi connectivity index (χ1n) is 8.26. The van der Waals surface area contributed by atoms with Crippen molar-refractivity contribution in [3.63, 3.8) is 0 Å². The lowest BCUT2D eigenvalue weighted by Gasteiger charge is -2.11. The molecule has 0 radical (unpaired) electrons. The molecule has 0 saturated heterocycles. The number of carbonyl (C=O) groups excluding carboxylic acids is 1. The van der Waals surface area contributed by atoms with Gasteiger partial charge in [0.25, 0.3) is 5.91 Å². The molecule has 2 aromatic carbocycles.